The van der Waals surface area contributed by atoms with Gasteiger partial charge >= 0.3 is 5.97 Å². The Bertz CT molecular complexity index is 425. The highest BCUT2D eigenvalue weighted by Crippen LogP contribution is 2.12. The molecule has 0 spiro atoms. The van der Waals surface area contributed by atoms with Crippen molar-refractivity contribution in [1.29, 1.82) is 5.41 Å². The van der Waals surface area contributed by atoms with Gasteiger partial charge in [-0.1, -0.05) is 0 Å². The van der Waals surface area contributed by atoms with Crippen molar-refractivity contribution in [3.63, 3.8) is 0 Å². The lowest BCUT2D eigenvalue weighted by Gasteiger charge is -2.02. The predicted molar refractivity (Wildman–Crippen MR) is 56.6 cm³/mol. The van der Waals surface area contributed by atoms with Crippen LogP contribution in [0.4, 0.5) is 5.69 Å². The van der Waals surface area contributed by atoms with E-state index in [4.69, 9.17) is 5.41 Å². The van der Waals surface area contributed by atoms with Crippen LogP contribution >= 0.6 is 0 Å². The van der Waals surface area contributed by atoms with Crippen molar-refractivity contribution < 1.29 is 14.5 Å². The van der Waals surface area contributed by atoms with Crippen LogP contribution < -0.4 is 0 Å². The van der Waals surface area contributed by atoms with E-state index in [2.05, 4.69) is 4.74 Å². The molecule has 6 heteroatoms. The third-order valence-electron chi connectivity index (χ3n) is 1.85. The van der Waals surface area contributed by atoms with E-state index < -0.39 is 10.9 Å². The van der Waals surface area contributed by atoms with Crippen molar-refractivity contribution in [3.8, 4) is 0 Å². The van der Waals surface area contributed by atoms with E-state index in [0.717, 1.165) is 0 Å². The maximum atomic E-state index is 11.2. The molecule has 0 amide bonds. The van der Waals surface area contributed by atoms with E-state index in [1.807, 2.05) is 0 Å². The summed E-state index contributed by atoms with van der Waals surface area (Å²) in [4.78, 5) is 21.0. The van der Waals surface area contributed by atoms with Crippen LogP contribution in [0, 0.1) is 15.5 Å². The monoisotopic (exact) mass is 222 g/mol. The molecule has 0 atom stereocenters. The second-order valence-electron chi connectivity index (χ2n) is 2.90. The summed E-state index contributed by atoms with van der Waals surface area (Å²) in [5.41, 5.74) is -0.0961. The summed E-state index contributed by atoms with van der Waals surface area (Å²) in [6, 6.07) is 5.17. The zero-order chi connectivity index (χ0) is 12.1. The van der Waals surface area contributed by atoms with Crippen LogP contribution in [0.3, 0.4) is 0 Å². The quantitative estimate of drug-likeness (QED) is 0.361. The summed E-state index contributed by atoms with van der Waals surface area (Å²) in [5, 5.41) is 17.9. The van der Waals surface area contributed by atoms with Gasteiger partial charge in [0.15, 0.2) is 0 Å². The summed E-state index contributed by atoms with van der Waals surface area (Å²) >= 11 is 0. The lowest BCUT2D eigenvalue weighted by atomic mass is 10.1. The Morgan fingerprint density at radius 1 is 1.44 bits per heavy atom. The predicted octanol–water partition coefficient (Wildman–Crippen LogP) is 1.53. The summed E-state index contributed by atoms with van der Waals surface area (Å²) in [5.74, 6) is -0.739. The first-order chi connectivity index (χ1) is 7.56. The summed E-state index contributed by atoms with van der Waals surface area (Å²) in [6.07, 6.45) is 0. The Labute approximate surface area is 91.5 Å². The van der Waals surface area contributed by atoms with Crippen LogP contribution in [0.2, 0.25) is 0 Å². The van der Waals surface area contributed by atoms with Gasteiger partial charge in [0.2, 0.25) is 0 Å². The minimum absolute atomic E-state index is 0.0830. The van der Waals surface area contributed by atoms with Gasteiger partial charge in [-0.25, -0.2) is 4.79 Å². The molecule has 0 saturated carbocycles. The number of carbonyl (C=O) groups is 1. The van der Waals surface area contributed by atoms with Crippen LogP contribution in [-0.4, -0.2) is 23.2 Å². The van der Waals surface area contributed by atoms with Gasteiger partial charge in [-0.2, -0.15) is 0 Å². The van der Waals surface area contributed by atoms with E-state index in [-0.39, 0.29) is 18.0 Å². The lowest BCUT2D eigenvalue weighted by Crippen LogP contribution is -2.17. The maximum absolute atomic E-state index is 11.2. The number of hydrogen-bond acceptors (Lipinski definition) is 5. The first-order valence-corrected chi connectivity index (χ1v) is 4.56. The molecule has 0 unspecified atom stereocenters. The number of nitro groups is 1. The molecule has 0 bridgehead atoms. The van der Waals surface area contributed by atoms with Crippen molar-refractivity contribution in [3.05, 3.63) is 39.9 Å². The second-order valence-corrected chi connectivity index (χ2v) is 2.90. The average Bonchev–Trinajstić information content (AvgIpc) is 2.28. The number of benzene rings is 1. The molecule has 0 aliphatic heterocycles. The number of esters is 1. The molecule has 0 aliphatic rings. The molecule has 0 saturated heterocycles. The third-order valence-corrected chi connectivity index (χ3v) is 1.85. The van der Waals surface area contributed by atoms with E-state index in [1.165, 1.54) is 24.3 Å². The SMILES string of the molecule is CCOC(=O)C(=N)c1ccc([N+](=O)[O-])cc1. The topological polar surface area (TPSA) is 93.3 Å². The van der Waals surface area contributed by atoms with Gasteiger partial charge < -0.3 is 4.74 Å². The highest BCUT2D eigenvalue weighted by Gasteiger charge is 2.14. The normalized spacial score (nSPS) is 9.56. The number of nitro benzene ring substituents is 1. The molecule has 0 aliphatic carbocycles. The zero-order valence-corrected chi connectivity index (χ0v) is 8.60. The second kappa shape index (κ2) is 5.01. The highest BCUT2D eigenvalue weighted by atomic mass is 16.6. The number of hydrogen-bond donors (Lipinski definition) is 1. The van der Waals surface area contributed by atoms with Gasteiger partial charge in [-0.05, 0) is 19.1 Å². The fourth-order valence-electron chi connectivity index (χ4n) is 1.07. The average molecular weight is 222 g/mol. The van der Waals surface area contributed by atoms with Crippen molar-refractivity contribution in [2.45, 2.75) is 6.92 Å². The molecule has 1 aromatic carbocycles. The van der Waals surface area contributed by atoms with Crippen LogP contribution in [-0.2, 0) is 9.53 Å². The molecule has 16 heavy (non-hydrogen) atoms. The largest absolute Gasteiger partial charge is 0.461 e. The van der Waals surface area contributed by atoms with E-state index >= 15 is 0 Å². The standard InChI is InChI=1S/C10H10N2O4/c1-2-16-10(13)9(11)7-3-5-8(6-4-7)12(14)15/h3-6,11H,2H2,1H3. The molecular formula is C10H10N2O4. The number of carbonyl (C=O) groups excluding carboxylic acids is 1. The molecule has 0 radical (unpaired) electrons. The van der Waals surface area contributed by atoms with Crippen LogP contribution in [0.25, 0.3) is 0 Å². The maximum Gasteiger partial charge on any atom is 0.356 e. The van der Waals surface area contributed by atoms with E-state index in [1.54, 1.807) is 6.92 Å². The van der Waals surface area contributed by atoms with Gasteiger partial charge in [0.05, 0.1) is 11.5 Å². The number of nitrogens with zero attached hydrogens (tertiary/aromatic N) is 1. The molecule has 0 fully saturated rings. The first kappa shape index (κ1) is 11.8. The van der Waals surface area contributed by atoms with Gasteiger partial charge in [-0.15, -0.1) is 0 Å². The fraction of sp³-hybridized carbons (Fsp3) is 0.200. The van der Waals surface area contributed by atoms with Crippen molar-refractivity contribution in [2.75, 3.05) is 6.61 Å². The third kappa shape index (κ3) is 2.63. The molecule has 6 nitrogen and oxygen atoms in total. The molecule has 1 aromatic rings. The lowest BCUT2D eigenvalue weighted by molar-refractivity contribution is -0.384. The fourth-order valence-corrected chi connectivity index (χ4v) is 1.07. The first-order valence-electron chi connectivity index (χ1n) is 4.56. The number of nitrogens with one attached hydrogen (secondary N) is 1. The summed E-state index contributed by atoms with van der Waals surface area (Å²) in [7, 11) is 0. The Morgan fingerprint density at radius 3 is 2.44 bits per heavy atom. The highest BCUT2D eigenvalue weighted by molar-refractivity contribution is 6.41. The Hall–Kier alpha value is -2.24. The summed E-state index contributed by atoms with van der Waals surface area (Å²) < 4.78 is 4.64. The molecule has 0 aromatic heterocycles. The minimum atomic E-state index is -0.739. The van der Waals surface area contributed by atoms with Gasteiger partial charge in [0.25, 0.3) is 5.69 Å². The van der Waals surface area contributed by atoms with Crippen LogP contribution in [0.5, 0.6) is 0 Å². The van der Waals surface area contributed by atoms with Gasteiger partial charge in [0, 0.05) is 17.7 Å². The Morgan fingerprint density at radius 2 is 2.00 bits per heavy atom. The molecule has 84 valence electrons. The van der Waals surface area contributed by atoms with Gasteiger partial charge in [-0.3, -0.25) is 15.5 Å². The smallest absolute Gasteiger partial charge is 0.356 e. The number of rotatable bonds is 4. The number of ether oxygens (including phenoxy) is 1. The molecular weight excluding hydrogens is 212 g/mol. The summed E-state index contributed by atoms with van der Waals surface area (Å²) in [6.45, 7) is 1.83. The van der Waals surface area contributed by atoms with Crippen LogP contribution in [0.1, 0.15) is 12.5 Å². The zero-order valence-electron chi connectivity index (χ0n) is 8.60. The number of non-ortho nitro benzene ring substituents is 1. The van der Waals surface area contributed by atoms with Crippen molar-refractivity contribution in [2.24, 2.45) is 0 Å². The van der Waals surface area contributed by atoms with Gasteiger partial charge in [0.1, 0.15) is 5.71 Å². The van der Waals surface area contributed by atoms with E-state index in [9.17, 15) is 14.9 Å². The Balaban J connectivity index is 2.85. The minimum Gasteiger partial charge on any atom is -0.461 e. The van der Waals surface area contributed by atoms with Crippen LogP contribution in [0.15, 0.2) is 24.3 Å². The molecule has 0 heterocycles. The molecule has 1 N–H and O–H groups in total. The van der Waals surface area contributed by atoms with Crippen molar-refractivity contribution in [1.82, 2.24) is 0 Å². The van der Waals surface area contributed by atoms with Crippen molar-refractivity contribution >= 4 is 17.4 Å². The van der Waals surface area contributed by atoms with E-state index in [0.29, 0.717) is 5.56 Å². The Kier molecular flexibility index (Phi) is 3.71. The molecule has 1 rings (SSSR count).